The van der Waals surface area contributed by atoms with E-state index in [4.69, 9.17) is 14.2 Å². The topological polar surface area (TPSA) is 203 Å². The maximum atomic E-state index is 14.9. The number of carbonyl (C=O) groups excluding carboxylic acids is 4. The first kappa shape index (κ1) is 43.4. The number of sulfonamides is 1. The van der Waals surface area contributed by atoms with E-state index in [0.29, 0.717) is 38.5 Å². The Morgan fingerprint density at radius 1 is 1.08 bits per heavy atom. The Labute approximate surface area is 346 Å². The van der Waals surface area contributed by atoms with Crippen molar-refractivity contribution >= 4 is 44.7 Å². The summed E-state index contributed by atoms with van der Waals surface area (Å²) in [5.41, 5.74) is -8.29. The van der Waals surface area contributed by atoms with Gasteiger partial charge in [-0.3, -0.25) is 19.1 Å². The molecule has 1 spiro atoms. The number of carbonyl (C=O) groups is 4. The van der Waals surface area contributed by atoms with Crippen LogP contribution in [0.3, 0.4) is 0 Å². The summed E-state index contributed by atoms with van der Waals surface area (Å²) in [4.78, 5) is 61.7. The number of benzene rings is 1. The molecule has 1 aromatic carbocycles. The molecule has 3 fully saturated rings. The second-order valence-corrected chi connectivity index (χ2v) is 20.6. The molecule has 0 radical (unpaired) electrons. The molecule has 1 aromatic heterocycles. The van der Waals surface area contributed by atoms with Crippen molar-refractivity contribution in [3.63, 3.8) is 0 Å². The number of nitrogens with zero attached hydrogens (tertiary/aromatic N) is 2. The highest BCUT2D eigenvalue weighted by Gasteiger charge is 2.65. The highest BCUT2D eigenvalue weighted by molar-refractivity contribution is 7.91. The minimum absolute atomic E-state index is 0.0394. The van der Waals surface area contributed by atoms with E-state index >= 15 is 0 Å². The second-order valence-electron chi connectivity index (χ2n) is 18.4. The van der Waals surface area contributed by atoms with Gasteiger partial charge in [-0.1, -0.05) is 25.0 Å². The lowest BCUT2D eigenvalue weighted by molar-refractivity contribution is -0.147. The van der Waals surface area contributed by atoms with Gasteiger partial charge < -0.3 is 34.9 Å². The molecule has 0 unspecified atom stereocenters. The van der Waals surface area contributed by atoms with Crippen molar-refractivity contribution in [3.05, 3.63) is 41.6 Å². The number of alkyl carbamates (subject to hydrolysis) is 1. The summed E-state index contributed by atoms with van der Waals surface area (Å²) in [5.74, 6) is -3.73. The normalized spacial score (nSPS) is 31.0. The molecule has 4 heterocycles. The molecule has 7 rings (SSSR count). The molecule has 2 aliphatic carbocycles. The zero-order chi connectivity index (χ0) is 43.8. The van der Waals surface area contributed by atoms with Crippen LogP contribution in [-0.4, -0.2) is 94.4 Å². The van der Waals surface area contributed by atoms with E-state index < -0.39 is 116 Å². The first-order valence-corrected chi connectivity index (χ1v) is 21.7. The Kier molecular flexibility index (Phi) is 10.7. The summed E-state index contributed by atoms with van der Waals surface area (Å²) in [7, 11) is -2.76. The maximum Gasteiger partial charge on any atom is 0.437 e. The number of aliphatic hydroxyl groups is 1. The zero-order valence-corrected chi connectivity index (χ0v) is 35.3. The molecular formula is C41H52F3N5O10S. The van der Waals surface area contributed by atoms with Crippen LogP contribution >= 0.6 is 0 Å². The van der Waals surface area contributed by atoms with E-state index in [1.54, 1.807) is 26.8 Å². The Balaban J connectivity index is 1.31. The van der Waals surface area contributed by atoms with Crippen LogP contribution in [-0.2, 0) is 40.9 Å². The number of pyridine rings is 1. The molecule has 2 saturated carbocycles. The summed E-state index contributed by atoms with van der Waals surface area (Å²) >= 11 is 0. The molecule has 328 valence electrons. The summed E-state index contributed by atoms with van der Waals surface area (Å²) in [6, 6.07) is 1.42. The van der Waals surface area contributed by atoms with E-state index in [1.165, 1.54) is 39.2 Å². The third-order valence-electron chi connectivity index (χ3n) is 12.2. The maximum absolute atomic E-state index is 14.9. The van der Waals surface area contributed by atoms with Gasteiger partial charge in [0.2, 0.25) is 21.8 Å². The predicted octanol–water partition coefficient (Wildman–Crippen LogP) is 4.88. The average molecular weight is 864 g/mol. The second kappa shape index (κ2) is 14.8. The average Bonchev–Trinajstić information content (AvgIpc) is 4.02. The number of methoxy groups -OCH3 is 1. The quantitative estimate of drug-likeness (QED) is 0.299. The van der Waals surface area contributed by atoms with E-state index in [1.807, 2.05) is 6.08 Å². The number of ether oxygens (including phenoxy) is 3. The van der Waals surface area contributed by atoms with Crippen LogP contribution in [0.2, 0.25) is 0 Å². The molecule has 2 aromatic rings. The third-order valence-corrected chi connectivity index (χ3v) is 14.4. The number of hydrogen-bond donors (Lipinski definition) is 4. The van der Waals surface area contributed by atoms with Gasteiger partial charge >= 0.3 is 12.3 Å². The highest BCUT2D eigenvalue weighted by Crippen LogP contribution is 2.55. The van der Waals surface area contributed by atoms with Gasteiger partial charge in [0, 0.05) is 29.7 Å². The smallest absolute Gasteiger partial charge is 0.437 e. The van der Waals surface area contributed by atoms with Crippen molar-refractivity contribution in [2.75, 3.05) is 13.7 Å². The van der Waals surface area contributed by atoms with Gasteiger partial charge in [-0.2, -0.15) is 13.2 Å². The van der Waals surface area contributed by atoms with Crippen molar-refractivity contribution in [1.82, 2.24) is 25.2 Å². The highest BCUT2D eigenvalue weighted by atomic mass is 32.2. The van der Waals surface area contributed by atoms with Gasteiger partial charge in [-0.15, -0.1) is 0 Å². The molecule has 15 nitrogen and oxygen atoms in total. The number of alkyl halides is 3. The van der Waals surface area contributed by atoms with Gasteiger partial charge in [0.25, 0.3) is 5.91 Å². The third kappa shape index (κ3) is 8.22. The fourth-order valence-electron chi connectivity index (χ4n) is 8.78. The van der Waals surface area contributed by atoms with Gasteiger partial charge in [-0.05, 0) is 91.3 Å². The summed E-state index contributed by atoms with van der Waals surface area (Å²) in [5, 5.41) is 17.8. The molecule has 4 amide bonds. The van der Waals surface area contributed by atoms with Gasteiger partial charge in [0.1, 0.15) is 34.6 Å². The molecule has 5 aliphatic rings. The standard InChI is InChI=1S/C41H52F3N5O10S/c1-36(2,3)59-35(53)46-27-13-11-9-7-8-10-12-23-19-40(23,34(52)48-60(55,56)37(4)16-17-37)47-32(50)28-20-39(22-49(28)33(27)51)21-38(5,54)29-25-18-24(57-6)14-15-26(25)45-31(30(29)58-39)41(42,43)44/h10,12,14-15,18,23,27-28,54H,7-9,11,13,16-17,19-22H2,1-6H3,(H,46,53)(H,47,50)(H,48,52)/b12-10-/t23-,27+,28+,38-,39+,40-/m1/s1. The number of nitrogens with one attached hydrogen (secondary N) is 3. The zero-order valence-electron chi connectivity index (χ0n) is 34.5. The number of hydrogen-bond acceptors (Lipinski definition) is 11. The fourth-order valence-corrected chi connectivity index (χ4v) is 10.1. The molecule has 3 aliphatic heterocycles. The Hall–Kier alpha value is -4.65. The first-order chi connectivity index (χ1) is 27.8. The largest absolute Gasteiger partial charge is 0.497 e. The van der Waals surface area contributed by atoms with Crippen LogP contribution in [0.15, 0.2) is 30.4 Å². The summed E-state index contributed by atoms with van der Waals surface area (Å²) in [6.45, 7) is 7.24. The Morgan fingerprint density at radius 2 is 1.80 bits per heavy atom. The lowest BCUT2D eigenvalue weighted by Crippen LogP contribution is -2.58. The van der Waals surface area contributed by atoms with Crippen LogP contribution in [0.1, 0.15) is 110 Å². The predicted molar refractivity (Wildman–Crippen MR) is 210 cm³/mol. The van der Waals surface area contributed by atoms with Crippen molar-refractivity contribution in [3.8, 4) is 11.5 Å². The monoisotopic (exact) mass is 863 g/mol. The van der Waals surface area contributed by atoms with Gasteiger partial charge in [0.15, 0.2) is 11.4 Å². The van der Waals surface area contributed by atoms with Crippen molar-refractivity contribution in [2.24, 2.45) is 5.92 Å². The Morgan fingerprint density at radius 3 is 2.45 bits per heavy atom. The van der Waals surface area contributed by atoms with Crippen molar-refractivity contribution in [1.29, 1.82) is 0 Å². The minimum Gasteiger partial charge on any atom is -0.497 e. The van der Waals surface area contributed by atoms with Crippen LogP contribution < -0.4 is 24.8 Å². The Bertz CT molecular complexity index is 2260. The number of fused-ring (bicyclic) bond motifs is 5. The number of allylic oxidation sites excluding steroid dienone is 1. The molecule has 6 atom stereocenters. The molecular weight excluding hydrogens is 812 g/mol. The summed E-state index contributed by atoms with van der Waals surface area (Å²) in [6.07, 6.45) is -0.0551. The van der Waals surface area contributed by atoms with E-state index in [2.05, 4.69) is 20.3 Å². The van der Waals surface area contributed by atoms with E-state index in [-0.39, 0.29) is 35.1 Å². The van der Waals surface area contributed by atoms with Crippen LogP contribution in [0, 0.1) is 5.92 Å². The van der Waals surface area contributed by atoms with Gasteiger partial charge in [-0.25, -0.2) is 18.2 Å². The summed E-state index contributed by atoms with van der Waals surface area (Å²) < 4.78 is 89.3. The number of rotatable bonds is 5. The molecule has 60 heavy (non-hydrogen) atoms. The number of amides is 4. The van der Waals surface area contributed by atoms with Crippen LogP contribution in [0.25, 0.3) is 10.9 Å². The lowest BCUT2D eigenvalue weighted by Gasteiger charge is -2.44. The van der Waals surface area contributed by atoms with E-state index in [9.17, 15) is 45.9 Å². The SMILES string of the molecule is COc1ccc2nc(C(F)(F)F)c3c(c2c1)[C@](C)(O)C[C@]1(C[C@H]2C(=O)N[C@]4(C(=O)NS(=O)(=O)C5(C)CC5)C[C@H]4/C=C\CCCCC[C@H](NC(=O)OC(C)(C)C)C(=O)N2C1)O3. The van der Waals surface area contributed by atoms with E-state index in [0.717, 1.165) is 4.90 Å². The van der Waals surface area contributed by atoms with Crippen molar-refractivity contribution in [2.45, 2.75) is 144 Å². The van der Waals surface area contributed by atoms with Crippen molar-refractivity contribution < 1.29 is 60.1 Å². The molecule has 4 N–H and O–H groups in total. The van der Waals surface area contributed by atoms with Gasteiger partial charge in [0.05, 0.1) is 29.5 Å². The molecule has 0 bridgehead atoms. The van der Waals surface area contributed by atoms with Crippen LogP contribution in [0.5, 0.6) is 11.5 Å². The number of halogens is 3. The first-order valence-electron chi connectivity index (χ1n) is 20.2. The number of aromatic nitrogens is 1. The minimum atomic E-state index is -5.07. The lowest BCUT2D eigenvalue weighted by atomic mass is 9.77. The van der Waals surface area contributed by atoms with Crippen LogP contribution in [0.4, 0.5) is 18.0 Å². The molecule has 19 heteroatoms. The fraction of sp³-hybridized carbons (Fsp3) is 0.634. The molecule has 1 saturated heterocycles.